The number of nitrogens with two attached hydrogens (primary N) is 1. The van der Waals surface area contributed by atoms with Gasteiger partial charge in [-0.2, -0.15) is 0 Å². The van der Waals surface area contributed by atoms with Gasteiger partial charge in [0.2, 0.25) is 11.8 Å². The number of likely N-dealkylation sites (tertiary alicyclic amines) is 1. The number of ether oxygens (including phenoxy) is 1. The van der Waals surface area contributed by atoms with E-state index in [-0.39, 0.29) is 47.7 Å². The molecule has 0 spiro atoms. The standard InChI is InChI=1S/C20H37N3O3.ClH/c1-6-14(7-2)17(24)23-11-9-15(10-12-23)22-18(25)20(21)13-16(26-8-3)19(20,4)5;/h14-16H,6-13,21H2,1-5H3,(H,22,25);1H. The SMILES string of the molecule is CCOC1CC(N)(C(=O)NC2CCN(C(=O)C(CC)CC)CC2)C1(C)C.Cl. The molecule has 2 unspecified atom stereocenters. The zero-order valence-corrected chi connectivity index (χ0v) is 18.4. The maximum atomic E-state index is 12.8. The quantitative estimate of drug-likeness (QED) is 0.683. The van der Waals surface area contributed by atoms with Crippen molar-refractivity contribution < 1.29 is 14.3 Å². The minimum Gasteiger partial charge on any atom is -0.378 e. The number of hydrogen-bond acceptors (Lipinski definition) is 4. The van der Waals surface area contributed by atoms with Crippen LogP contribution in [-0.4, -0.2) is 54.1 Å². The lowest BCUT2D eigenvalue weighted by atomic mass is 9.54. The molecule has 3 N–H and O–H groups in total. The highest BCUT2D eigenvalue weighted by Gasteiger charge is 2.63. The number of piperidine rings is 1. The zero-order chi connectivity index (χ0) is 19.5. The van der Waals surface area contributed by atoms with Crippen molar-refractivity contribution >= 4 is 24.2 Å². The van der Waals surface area contributed by atoms with Crippen LogP contribution >= 0.6 is 12.4 Å². The predicted octanol–water partition coefficient (Wildman–Crippen LogP) is 2.48. The third-order valence-electron chi connectivity index (χ3n) is 6.71. The largest absolute Gasteiger partial charge is 0.378 e. The van der Waals surface area contributed by atoms with Crippen LogP contribution in [0.5, 0.6) is 0 Å². The van der Waals surface area contributed by atoms with Gasteiger partial charge in [0.05, 0.1) is 6.10 Å². The second-order valence-electron chi connectivity index (χ2n) is 8.43. The Morgan fingerprint density at radius 3 is 2.19 bits per heavy atom. The van der Waals surface area contributed by atoms with Crippen LogP contribution in [-0.2, 0) is 14.3 Å². The van der Waals surface area contributed by atoms with Crippen molar-refractivity contribution in [3.63, 3.8) is 0 Å². The number of carbonyl (C=O) groups excluding carboxylic acids is 2. The van der Waals surface area contributed by atoms with Gasteiger partial charge < -0.3 is 20.7 Å². The summed E-state index contributed by atoms with van der Waals surface area (Å²) in [6, 6.07) is 0.0932. The van der Waals surface area contributed by atoms with Crippen molar-refractivity contribution in [1.82, 2.24) is 10.2 Å². The van der Waals surface area contributed by atoms with Crippen molar-refractivity contribution in [2.24, 2.45) is 17.1 Å². The summed E-state index contributed by atoms with van der Waals surface area (Å²) in [5, 5.41) is 3.14. The number of rotatable bonds is 7. The summed E-state index contributed by atoms with van der Waals surface area (Å²) in [6.45, 7) is 12.2. The van der Waals surface area contributed by atoms with Gasteiger partial charge in [-0.15, -0.1) is 12.4 Å². The number of carbonyl (C=O) groups is 2. The van der Waals surface area contributed by atoms with Gasteiger partial charge in [-0.05, 0) is 32.6 Å². The molecule has 27 heavy (non-hydrogen) atoms. The highest BCUT2D eigenvalue weighted by atomic mass is 35.5. The molecule has 158 valence electrons. The zero-order valence-electron chi connectivity index (χ0n) is 17.5. The van der Waals surface area contributed by atoms with Crippen molar-refractivity contribution in [3.8, 4) is 0 Å². The molecule has 0 bridgehead atoms. The molecule has 6 nitrogen and oxygen atoms in total. The summed E-state index contributed by atoms with van der Waals surface area (Å²) in [7, 11) is 0. The van der Waals surface area contributed by atoms with Gasteiger partial charge in [0, 0.05) is 43.5 Å². The van der Waals surface area contributed by atoms with Gasteiger partial charge in [-0.1, -0.05) is 27.7 Å². The Hall–Kier alpha value is -0.850. The fourth-order valence-electron chi connectivity index (χ4n) is 4.28. The second kappa shape index (κ2) is 9.57. The van der Waals surface area contributed by atoms with E-state index in [1.54, 1.807) is 0 Å². The molecule has 2 atom stereocenters. The summed E-state index contributed by atoms with van der Waals surface area (Å²) in [6.07, 6.45) is 3.95. The van der Waals surface area contributed by atoms with E-state index in [1.807, 2.05) is 25.7 Å². The molecule has 2 aliphatic rings. The van der Waals surface area contributed by atoms with E-state index in [1.165, 1.54) is 0 Å². The van der Waals surface area contributed by atoms with E-state index in [9.17, 15) is 9.59 Å². The molecule has 1 aliphatic carbocycles. The number of nitrogens with one attached hydrogen (secondary N) is 1. The molecule has 1 heterocycles. The Kier molecular flexibility index (Phi) is 8.57. The molecule has 0 aromatic carbocycles. The molecule has 2 rings (SSSR count). The molecule has 2 fully saturated rings. The minimum absolute atomic E-state index is 0. The Morgan fingerprint density at radius 1 is 1.19 bits per heavy atom. The first-order chi connectivity index (χ1) is 12.2. The summed E-state index contributed by atoms with van der Waals surface area (Å²) < 4.78 is 5.71. The first-order valence-corrected chi connectivity index (χ1v) is 10.2. The van der Waals surface area contributed by atoms with Crippen LogP contribution in [0.2, 0.25) is 0 Å². The van der Waals surface area contributed by atoms with Crippen LogP contribution in [0, 0.1) is 11.3 Å². The summed E-state index contributed by atoms with van der Waals surface area (Å²) >= 11 is 0. The predicted molar refractivity (Wildman–Crippen MR) is 110 cm³/mol. The van der Waals surface area contributed by atoms with Crippen molar-refractivity contribution in [2.45, 2.75) is 84.4 Å². The molecule has 0 radical (unpaired) electrons. The van der Waals surface area contributed by atoms with Crippen LogP contribution < -0.4 is 11.1 Å². The lowest BCUT2D eigenvalue weighted by molar-refractivity contribution is -0.171. The van der Waals surface area contributed by atoms with E-state index in [0.29, 0.717) is 26.1 Å². The van der Waals surface area contributed by atoms with Gasteiger partial charge in [0.25, 0.3) is 0 Å². The van der Waals surface area contributed by atoms with E-state index < -0.39 is 5.54 Å². The van der Waals surface area contributed by atoms with E-state index in [2.05, 4.69) is 19.2 Å². The average molecular weight is 404 g/mol. The lowest BCUT2D eigenvalue weighted by Crippen LogP contribution is -2.76. The van der Waals surface area contributed by atoms with Crippen molar-refractivity contribution in [2.75, 3.05) is 19.7 Å². The average Bonchev–Trinajstić information content (AvgIpc) is 2.62. The molecule has 1 saturated carbocycles. The van der Waals surface area contributed by atoms with Crippen LogP contribution in [0.3, 0.4) is 0 Å². The monoisotopic (exact) mass is 403 g/mol. The van der Waals surface area contributed by atoms with Gasteiger partial charge in [0.1, 0.15) is 5.54 Å². The third kappa shape index (κ3) is 4.60. The third-order valence-corrected chi connectivity index (χ3v) is 6.71. The summed E-state index contributed by atoms with van der Waals surface area (Å²) in [5.74, 6) is 0.303. The maximum Gasteiger partial charge on any atom is 0.241 e. The Labute approximate surface area is 170 Å². The Balaban J connectivity index is 0.00000364. The van der Waals surface area contributed by atoms with Crippen LogP contribution in [0.25, 0.3) is 0 Å². The molecule has 0 aromatic rings. The fraction of sp³-hybridized carbons (Fsp3) is 0.900. The number of halogens is 1. The molecular weight excluding hydrogens is 366 g/mol. The topological polar surface area (TPSA) is 84.7 Å². The maximum absolute atomic E-state index is 12.8. The van der Waals surface area contributed by atoms with Crippen LogP contribution in [0.15, 0.2) is 0 Å². The van der Waals surface area contributed by atoms with Crippen molar-refractivity contribution in [3.05, 3.63) is 0 Å². The van der Waals surface area contributed by atoms with E-state index >= 15 is 0 Å². The normalized spacial score (nSPS) is 27.7. The van der Waals surface area contributed by atoms with Gasteiger partial charge in [-0.25, -0.2) is 0 Å². The van der Waals surface area contributed by atoms with Gasteiger partial charge in [-0.3, -0.25) is 9.59 Å². The highest BCUT2D eigenvalue weighted by molar-refractivity contribution is 5.89. The van der Waals surface area contributed by atoms with Crippen LogP contribution in [0.4, 0.5) is 0 Å². The first kappa shape index (κ1) is 24.2. The lowest BCUT2D eigenvalue weighted by Gasteiger charge is -2.57. The van der Waals surface area contributed by atoms with Crippen molar-refractivity contribution in [1.29, 1.82) is 0 Å². The minimum atomic E-state index is -0.880. The number of amides is 2. The molecule has 1 saturated heterocycles. The van der Waals surface area contributed by atoms with E-state index in [4.69, 9.17) is 10.5 Å². The van der Waals surface area contributed by atoms with Gasteiger partial charge in [0.15, 0.2) is 0 Å². The molecule has 0 aromatic heterocycles. The Morgan fingerprint density at radius 2 is 1.74 bits per heavy atom. The summed E-state index contributed by atoms with van der Waals surface area (Å²) in [4.78, 5) is 27.3. The highest BCUT2D eigenvalue weighted by Crippen LogP contribution is 2.49. The number of nitrogens with zero attached hydrogens (tertiary/aromatic N) is 1. The van der Waals surface area contributed by atoms with Gasteiger partial charge >= 0.3 is 0 Å². The molecule has 7 heteroatoms. The fourth-order valence-corrected chi connectivity index (χ4v) is 4.28. The molecule has 2 amide bonds. The Bertz CT molecular complexity index is 517. The molecule has 1 aliphatic heterocycles. The molecular formula is C20H38ClN3O3. The second-order valence-corrected chi connectivity index (χ2v) is 8.43. The smallest absolute Gasteiger partial charge is 0.241 e. The first-order valence-electron chi connectivity index (χ1n) is 10.2. The van der Waals surface area contributed by atoms with Crippen LogP contribution in [0.1, 0.15) is 66.7 Å². The van der Waals surface area contributed by atoms with E-state index in [0.717, 1.165) is 25.7 Å². The number of hydrogen-bond donors (Lipinski definition) is 2. The summed E-state index contributed by atoms with van der Waals surface area (Å²) in [5.41, 5.74) is 5.20.